The highest BCUT2D eigenvalue weighted by molar-refractivity contribution is 14.1. The maximum atomic E-state index is 14.3. The summed E-state index contributed by atoms with van der Waals surface area (Å²) < 4.78 is 21.3. The van der Waals surface area contributed by atoms with Crippen molar-refractivity contribution in [1.29, 1.82) is 0 Å². The Kier molecular flexibility index (Phi) is 8.92. The predicted molar refractivity (Wildman–Crippen MR) is 137 cm³/mol. The molecular formula is C24H27FIN3O6. The van der Waals surface area contributed by atoms with Crippen LogP contribution >= 0.6 is 22.6 Å². The number of imidazole rings is 1. The minimum atomic E-state index is -1.10. The molecular weight excluding hydrogens is 572 g/mol. The van der Waals surface area contributed by atoms with E-state index >= 15 is 0 Å². The van der Waals surface area contributed by atoms with Crippen molar-refractivity contribution in [2.45, 2.75) is 32.4 Å². The number of aliphatic hydroxyl groups is 2. The van der Waals surface area contributed by atoms with Gasteiger partial charge < -0.3 is 30.4 Å². The first-order valence-corrected chi connectivity index (χ1v) is 12.1. The number of aliphatic hydroxyl groups excluding tert-OH is 2. The molecule has 0 spiro atoms. The highest BCUT2D eigenvalue weighted by Gasteiger charge is 2.32. The van der Waals surface area contributed by atoms with Gasteiger partial charge in [0.25, 0.3) is 0 Å². The van der Waals surface area contributed by atoms with Crippen molar-refractivity contribution in [2.75, 3.05) is 18.5 Å². The molecule has 35 heavy (non-hydrogen) atoms. The fourth-order valence-corrected chi connectivity index (χ4v) is 3.97. The molecule has 0 aliphatic carbocycles. The number of ether oxygens (including phenoxy) is 1. The standard InChI is InChI=1S/C24H27FIN3O6/c1-3-13(2)21(22(32)27-19-9-6-15(26)10-18(19)25)29-23(33)20(28-24(29)34)14-4-7-17(8-5-14)35-12-16(31)11-30/h4-10,13,16,21,30-31,33H,3,11-12H2,1-2H3,(H,27,32)(H,28,34)/t13-,16+,21-/m0/s1. The second-order valence-electron chi connectivity index (χ2n) is 8.11. The zero-order chi connectivity index (χ0) is 25.7. The van der Waals surface area contributed by atoms with Crippen molar-refractivity contribution in [3.05, 3.63) is 62.3 Å². The Morgan fingerprint density at radius 3 is 2.54 bits per heavy atom. The third kappa shape index (κ3) is 6.21. The van der Waals surface area contributed by atoms with Crippen LogP contribution in [0.3, 0.4) is 0 Å². The molecule has 0 unspecified atom stereocenters. The molecule has 3 aromatic rings. The van der Waals surface area contributed by atoms with Crippen molar-refractivity contribution in [3.63, 3.8) is 0 Å². The number of nitrogens with one attached hydrogen (secondary N) is 2. The maximum Gasteiger partial charge on any atom is 0.329 e. The molecule has 9 nitrogen and oxygen atoms in total. The lowest BCUT2D eigenvalue weighted by atomic mass is 9.98. The van der Waals surface area contributed by atoms with Crippen molar-refractivity contribution < 1.29 is 29.2 Å². The van der Waals surface area contributed by atoms with Crippen LogP contribution in [0.25, 0.3) is 11.3 Å². The molecule has 0 bridgehead atoms. The first kappa shape index (κ1) is 26.7. The van der Waals surface area contributed by atoms with Gasteiger partial charge in [-0.3, -0.25) is 4.79 Å². The summed E-state index contributed by atoms with van der Waals surface area (Å²) in [5, 5.41) is 31.7. The van der Waals surface area contributed by atoms with Crippen LogP contribution in [-0.4, -0.2) is 50.1 Å². The molecule has 1 heterocycles. The van der Waals surface area contributed by atoms with Gasteiger partial charge in [0.15, 0.2) is 0 Å². The Morgan fingerprint density at radius 2 is 1.94 bits per heavy atom. The van der Waals surface area contributed by atoms with Crippen molar-refractivity contribution >= 4 is 34.2 Å². The summed E-state index contributed by atoms with van der Waals surface area (Å²) in [5.74, 6) is -1.60. The van der Waals surface area contributed by atoms with Crippen LogP contribution in [0.2, 0.25) is 0 Å². The lowest BCUT2D eigenvalue weighted by molar-refractivity contribution is -0.120. The summed E-state index contributed by atoms with van der Waals surface area (Å²) in [5.41, 5.74) is -0.139. The molecule has 5 N–H and O–H groups in total. The summed E-state index contributed by atoms with van der Waals surface area (Å²) >= 11 is 1.96. The van der Waals surface area contributed by atoms with Gasteiger partial charge in [0.2, 0.25) is 11.8 Å². The van der Waals surface area contributed by atoms with Gasteiger partial charge in [0.1, 0.15) is 36.0 Å². The number of carbonyl (C=O) groups excluding carboxylic acids is 1. The number of hydrogen-bond donors (Lipinski definition) is 5. The van der Waals surface area contributed by atoms with Gasteiger partial charge in [0, 0.05) is 9.13 Å². The molecule has 0 saturated heterocycles. The lowest BCUT2D eigenvalue weighted by Gasteiger charge is -2.23. The van der Waals surface area contributed by atoms with Gasteiger partial charge in [0.05, 0.1) is 12.3 Å². The van der Waals surface area contributed by atoms with Crippen LogP contribution < -0.4 is 15.7 Å². The van der Waals surface area contributed by atoms with E-state index in [1.54, 1.807) is 37.3 Å². The molecule has 11 heteroatoms. The van der Waals surface area contributed by atoms with E-state index in [2.05, 4.69) is 10.3 Å². The van der Waals surface area contributed by atoms with E-state index in [0.717, 1.165) is 4.57 Å². The van der Waals surface area contributed by atoms with Crippen LogP contribution in [0.1, 0.15) is 26.3 Å². The minimum Gasteiger partial charge on any atom is -0.493 e. The average Bonchev–Trinajstić information content (AvgIpc) is 3.13. The minimum absolute atomic E-state index is 0.0195. The van der Waals surface area contributed by atoms with Crippen molar-refractivity contribution in [1.82, 2.24) is 9.55 Å². The Hall–Kier alpha value is -2.90. The zero-order valence-electron chi connectivity index (χ0n) is 19.2. The summed E-state index contributed by atoms with van der Waals surface area (Å²) in [6.45, 7) is 3.08. The quantitative estimate of drug-likeness (QED) is 0.227. The number of aromatic nitrogens is 2. The predicted octanol–water partition coefficient (Wildman–Crippen LogP) is 3.25. The van der Waals surface area contributed by atoms with Gasteiger partial charge >= 0.3 is 5.69 Å². The highest BCUT2D eigenvalue weighted by Crippen LogP contribution is 2.33. The van der Waals surface area contributed by atoms with Gasteiger partial charge in [-0.25, -0.2) is 13.8 Å². The number of halogens is 2. The molecule has 188 valence electrons. The molecule has 3 atom stereocenters. The van der Waals surface area contributed by atoms with Gasteiger partial charge in [-0.15, -0.1) is 0 Å². The van der Waals surface area contributed by atoms with E-state index in [1.807, 2.05) is 29.5 Å². The number of aromatic hydroxyl groups is 1. The third-order valence-corrected chi connectivity index (χ3v) is 6.29. The second kappa shape index (κ2) is 11.7. The Bertz CT molecular complexity index is 1230. The van der Waals surface area contributed by atoms with Crippen LogP contribution in [-0.2, 0) is 4.79 Å². The summed E-state index contributed by atoms with van der Waals surface area (Å²) in [6.07, 6.45) is -0.494. The molecule has 1 amide bonds. The molecule has 0 aliphatic rings. The third-order valence-electron chi connectivity index (χ3n) is 5.62. The number of carbonyl (C=O) groups is 1. The normalized spacial score (nSPS) is 13.8. The highest BCUT2D eigenvalue weighted by atomic mass is 127. The number of nitrogens with zero attached hydrogens (tertiary/aromatic N) is 1. The largest absolute Gasteiger partial charge is 0.493 e. The van der Waals surface area contributed by atoms with Gasteiger partial charge in [-0.05, 0) is 71.0 Å². The number of hydrogen-bond acceptors (Lipinski definition) is 6. The Labute approximate surface area is 214 Å². The van der Waals surface area contributed by atoms with Crippen molar-refractivity contribution in [2.24, 2.45) is 5.92 Å². The second-order valence-corrected chi connectivity index (χ2v) is 9.36. The molecule has 2 aromatic carbocycles. The number of anilines is 1. The van der Waals surface area contributed by atoms with E-state index < -0.39 is 42.0 Å². The van der Waals surface area contributed by atoms with Crippen LogP contribution in [0.15, 0.2) is 47.3 Å². The van der Waals surface area contributed by atoms with E-state index in [9.17, 15) is 24.2 Å². The number of benzene rings is 2. The van der Waals surface area contributed by atoms with Gasteiger partial charge in [-0.1, -0.05) is 20.3 Å². The molecule has 1 aromatic heterocycles. The van der Waals surface area contributed by atoms with Crippen LogP contribution in [0.4, 0.5) is 10.1 Å². The Balaban J connectivity index is 1.91. The van der Waals surface area contributed by atoms with Crippen LogP contribution in [0, 0.1) is 15.3 Å². The first-order chi connectivity index (χ1) is 16.7. The van der Waals surface area contributed by atoms with E-state index in [0.29, 0.717) is 21.3 Å². The molecule has 0 aliphatic heterocycles. The molecule has 0 fully saturated rings. The zero-order valence-corrected chi connectivity index (χ0v) is 21.3. The smallest absolute Gasteiger partial charge is 0.329 e. The summed E-state index contributed by atoms with van der Waals surface area (Å²) in [4.78, 5) is 28.6. The van der Waals surface area contributed by atoms with Crippen molar-refractivity contribution in [3.8, 4) is 22.9 Å². The number of rotatable bonds is 10. The van der Waals surface area contributed by atoms with Crippen LogP contribution in [0.5, 0.6) is 11.6 Å². The van der Waals surface area contributed by atoms with Gasteiger partial charge in [-0.2, -0.15) is 0 Å². The SMILES string of the molecule is CC[C@H](C)[C@@H](C(=O)Nc1ccc(I)cc1F)n1c(O)c(-c2ccc(OC[C@H](O)CO)cc2)[nH]c1=O. The van der Waals surface area contributed by atoms with E-state index in [1.165, 1.54) is 12.1 Å². The first-order valence-electron chi connectivity index (χ1n) is 11.0. The summed E-state index contributed by atoms with van der Waals surface area (Å²) in [7, 11) is 0. The lowest BCUT2D eigenvalue weighted by Crippen LogP contribution is -2.36. The van der Waals surface area contributed by atoms with E-state index in [-0.39, 0.29) is 23.9 Å². The maximum absolute atomic E-state index is 14.3. The number of amides is 1. The number of aromatic amines is 1. The molecule has 0 radical (unpaired) electrons. The fraction of sp³-hybridized carbons (Fsp3) is 0.333. The summed E-state index contributed by atoms with van der Waals surface area (Å²) in [6, 6.07) is 9.61. The number of H-pyrrole nitrogens is 1. The Morgan fingerprint density at radius 1 is 1.26 bits per heavy atom. The topological polar surface area (TPSA) is 137 Å². The average molecular weight is 599 g/mol. The monoisotopic (exact) mass is 599 g/mol. The fourth-order valence-electron chi connectivity index (χ4n) is 3.51. The molecule has 3 rings (SSSR count). The van der Waals surface area contributed by atoms with E-state index in [4.69, 9.17) is 9.84 Å². The molecule has 0 saturated carbocycles.